The molecule has 0 aromatic heterocycles. The first-order valence-corrected chi connectivity index (χ1v) is 19.3. The first kappa shape index (κ1) is 45.8. The molecule has 0 aromatic carbocycles. The van der Waals surface area contributed by atoms with Crippen LogP contribution in [-0.2, 0) is 66.6 Å². The molecule has 3 fully saturated rings. The fraction of sp³-hybridized carbons (Fsp3) is 0.821. The van der Waals surface area contributed by atoms with Gasteiger partial charge in [0, 0.05) is 46.1 Å². The molecule has 17 heteroatoms. The van der Waals surface area contributed by atoms with Crippen molar-refractivity contribution in [2.45, 2.75) is 172 Å². The maximum absolute atomic E-state index is 13.4. The van der Waals surface area contributed by atoms with Gasteiger partial charge in [0.2, 0.25) is 0 Å². The van der Waals surface area contributed by atoms with Gasteiger partial charge in [0.15, 0.2) is 24.5 Å². The highest BCUT2D eigenvalue weighted by Gasteiger charge is 2.53. The van der Waals surface area contributed by atoms with E-state index >= 15 is 0 Å². The normalized spacial score (nSPS) is 43.2. The van der Waals surface area contributed by atoms with Crippen LogP contribution in [-0.4, -0.2) is 158 Å². The molecule has 318 valence electrons. The quantitative estimate of drug-likeness (QED) is 0.138. The number of aliphatic hydroxyl groups is 2. The Bertz CT molecular complexity index is 1400. The van der Waals surface area contributed by atoms with Gasteiger partial charge < -0.3 is 62.5 Å². The molecule has 0 amide bonds. The molecule has 0 aliphatic carbocycles. The van der Waals surface area contributed by atoms with Gasteiger partial charge in [-0.2, -0.15) is 0 Å². The van der Waals surface area contributed by atoms with Crippen LogP contribution in [0.1, 0.15) is 80.6 Å². The summed E-state index contributed by atoms with van der Waals surface area (Å²) < 4.78 is 53.6. The topological polar surface area (TPSA) is 215 Å². The number of ketones is 1. The maximum Gasteiger partial charge on any atom is 0.309 e. The minimum Gasteiger partial charge on any atom is -0.462 e. The third kappa shape index (κ3) is 11.9. The van der Waals surface area contributed by atoms with E-state index in [1.54, 1.807) is 52.8 Å². The van der Waals surface area contributed by atoms with Crippen molar-refractivity contribution < 1.29 is 76.8 Å². The van der Waals surface area contributed by atoms with Crippen molar-refractivity contribution in [3.63, 3.8) is 0 Å². The Hall–Kier alpha value is -2.87. The van der Waals surface area contributed by atoms with Crippen molar-refractivity contribution in [2.75, 3.05) is 21.2 Å². The van der Waals surface area contributed by atoms with E-state index in [2.05, 4.69) is 0 Å². The van der Waals surface area contributed by atoms with E-state index in [0.29, 0.717) is 12.7 Å². The van der Waals surface area contributed by atoms with Crippen molar-refractivity contribution in [1.82, 2.24) is 4.90 Å². The third-order valence-electron chi connectivity index (χ3n) is 10.9. The number of ether oxygens (including phenoxy) is 9. The Morgan fingerprint density at radius 3 is 2.23 bits per heavy atom. The summed E-state index contributed by atoms with van der Waals surface area (Å²) in [5.74, 6) is -3.54. The maximum atomic E-state index is 13.4. The lowest BCUT2D eigenvalue weighted by atomic mass is 9.83. The third-order valence-corrected chi connectivity index (χ3v) is 10.9. The van der Waals surface area contributed by atoms with Crippen LogP contribution in [0, 0.1) is 11.8 Å². The molecule has 3 saturated heterocycles. The molecule has 17 nitrogen and oxygen atoms in total. The summed E-state index contributed by atoms with van der Waals surface area (Å²) in [5, 5.41) is 23.2. The molecule has 2 N–H and O–H groups in total. The lowest BCUT2D eigenvalue weighted by molar-refractivity contribution is -0.344. The molecular formula is C39H61NO16. The van der Waals surface area contributed by atoms with Gasteiger partial charge in [0.05, 0.1) is 36.9 Å². The van der Waals surface area contributed by atoms with Crippen LogP contribution in [0.4, 0.5) is 0 Å². The Morgan fingerprint density at radius 1 is 0.964 bits per heavy atom. The van der Waals surface area contributed by atoms with Crippen molar-refractivity contribution in [2.24, 2.45) is 11.8 Å². The summed E-state index contributed by atoms with van der Waals surface area (Å²) in [7, 11) is 4.80. The number of carbonyl (C=O) groups is 5. The van der Waals surface area contributed by atoms with Crippen LogP contribution in [0.5, 0.6) is 0 Å². The average Bonchev–Trinajstić information content (AvgIpc) is 3.82. The van der Waals surface area contributed by atoms with Crippen LogP contribution in [0.3, 0.4) is 0 Å². The molecule has 0 aromatic rings. The highest BCUT2D eigenvalue weighted by Crippen LogP contribution is 2.38. The van der Waals surface area contributed by atoms with Gasteiger partial charge in [-0.1, -0.05) is 6.92 Å². The first-order chi connectivity index (χ1) is 26.3. The largest absolute Gasteiger partial charge is 0.462 e. The number of carbonyl (C=O) groups excluding carboxylic acids is 5. The SMILES string of the molecule is COC1C(OC(C)=O)CC(=O)OC(C)CC2OC2/C=C/C(=O)C(C)CC(CC=O)C1OC1OC(C)C(OC2CC(C)(O)C(OC(C)=O)C(C)O2)C(N(C)C)C1O. The zero-order valence-corrected chi connectivity index (χ0v) is 34.1. The highest BCUT2D eigenvalue weighted by molar-refractivity contribution is 5.91. The number of allylic oxidation sites excluding steroid dienone is 1. The Balaban J connectivity index is 1.67. The second-order valence-electron chi connectivity index (χ2n) is 16.0. The van der Waals surface area contributed by atoms with Crippen LogP contribution >= 0.6 is 0 Å². The predicted octanol–water partition coefficient (Wildman–Crippen LogP) is 1.41. The lowest BCUT2D eigenvalue weighted by Gasteiger charge is -2.50. The number of fused-ring (bicyclic) bond motifs is 1. The summed E-state index contributed by atoms with van der Waals surface area (Å²) in [6.07, 6.45) is -8.14. The molecule has 4 aliphatic rings. The van der Waals surface area contributed by atoms with Gasteiger partial charge in [-0.05, 0) is 66.3 Å². The Kier molecular flexibility index (Phi) is 16.1. The van der Waals surface area contributed by atoms with Crippen molar-refractivity contribution in [3.8, 4) is 0 Å². The zero-order chi connectivity index (χ0) is 41.6. The second kappa shape index (κ2) is 19.7. The van der Waals surface area contributed by atoms with Crippen LogP contribution in [0.25, 0.3) is 0 Å². The highest BCUT2D eigenvalue weighted by atomic mass is 16.7. The number of cyclic esters (lactones) is 1. The fourth-order valence-corrected chi connectivity index (χ4v) is 8.17. The molecule has 0 radical (unpaired) electrons. The van der Waals surface area contributed by atoms with Gasteiger partial charge in [0.1, 0.15) is 48.5 Å². The number of epoxide rings is 1. The van der Waals surface area contributed by atoms with Crippen LogP contribution in [0.2, 0.25) is 0 Å². The van der Waals surface area contributed by atoms with E-state index in [1.807, 2.05) is 0 Å². The fourth-order valence-electron chi connectivity index (χ4n) is 8.17. The lowest BCUT2D eigenvalue weighted by Crippen LogP contribution is -2.66. The summed E-state index contributed by atoms with van der Waals surface area (Å²) in [5.41, 5.74) is -1.50. The van der Waals surface area contributed by atoms with Gasteiger partial charge in [-0.15, -0.1) is 0 Å². The van der Waals surface area contributed by atoms with Crippen molar-refractivity contribution in [1.29, 1.82) is 0 Å². The van der Waals surface area contributed by atoms with E-state index < -0.39 is 115 Å². The van der Waals surface area contributed by atoms with Crippen LogP contribution in [0.15, 0.2) is 12.2 Å². The molecule has 0 spiro atoms. The minimum atomic E-state index is -1.50. The monoisotopic (exact) mass is 799 g/mol. The number of aldehydes is 1. The Morgan fingerprint density at radius 2 is 1.64 bits per heavy atom. The molecule has 17 atom stereocenters. The molecule has 56 heavy (non-hydrogen) atoms. The molecule has 17 unspecified atom stereocenters. The number of nitrogens with zero attached hydrogens (tertiary/aromatic N) is 1. The second-order valence-corrected chi connectivity index (χ2v) is 16.0. The number of esters is 3. The number of methoxy groups -OCH3 is 1. The zero-order valence-electron chi connectivity index (χ0n) is 34.1. The summed E-state index contributed by atoms with van der Waals surface area (Å²) in [6.45, 7) is 10.8. The number of aliphatic hydroxyl groups excluding tert-OH is 1. The number of hydrogen-bond acceptors (Lipinski definition) is 17. The average molecular weight is 800 g/mol. The van der Waals surface area contributed by atoms with Crippen molar-refractivity contribution >= 4 is 30.0 Å². The summed E-state index contributed by atoms with van der Waals surface area (Å²) >= 11 is 0. The van der Waals surface area contributed by atoms with E-state index in [4.69, 9.17) is 42.6 Å². The molecular weight excluding hydrogens is 738 g/mol. The number of hydrogen-bond donors (Lipinski definition) is 2. The van der Waals surface area contributed by atoms with E-state index in [0.717, 1.165) is 0 Å². The van der Waals surface area contributed by atoms with Gasteiger partial charge >= 0.3 is 17.9 Å². The van der Waals surface area contributed by atoms with Crippen molar-refractivity contribution in [3.05, 3.63) is 12.2 Å². The first-order valence-electron chi connectivity index (χ1n) is 19.3. The molecule has 4 aliphatic heterocycles. The standard InChI is InChI=1S/C39H61NO16/c1-19-15-25(13-14-41)35(36(48-10)29(52-23(5)42)17-30(45)49-20(2)16-28-27(54-28)12-11-26(19)44)56-38-33(46)32(40(8)9)34(21(3)51-38)55-31-18-39(7,47)37(22(4)50-31)53-24(6)43/h11-12,14,19-22,25,27-29,31-38,46-47H,13,15-18H2,1-10H3/b12-11+. The molecule has 4 heterocycles. The predicted molar refractivity (Wildman–Crippen MR) is 195 cm³/mol. The van der Waals surface area contributed by atoms with Gasteiger partial charge in [-0.3, -0.25) is 19.2 Å². The van der Waals surface area contributed by atoms with E-state index in [9.17, 15) is 34.2 Å². The molecule has 4 rings (SSSR count). The number of likely N-dealkylation sites (N-methyl/N-ethyl adjacent to an activating group) is 1. The Labute approximate surface area is 328 Å². The summed E-state index contributed by atoms with van der Waals surface area (Å²) in [4.78, 5) is 64.8. The van der Waals surface area contributed by atoms with Crippen LogP contribution < -0.4 is 0 Å². The smallest absolute Gasteiger partial charge is 0.309 e. The van der Waals surface area contributed by atoms with Gasteiger partial charge in [-0.25, -0.2) is 0 Å². The minimum absolute atomic E-state index is 0.0568. The molecule has 0 bridgehead atoms. The molecule has 0 saturated carbocycles. The number of rotatable bonds is 10. The van der Waals surface area contributed by atoms with E-state index in [1.165, 1.54) is 34.0 Å². The van der Waals surface area contributed by atoms with Gasteiger partial charge in [0.25, 0.3) is 0 Å². The summed E-state index contributed by atoms with van der Waals surface area (Å²) in [6, 6.07) is -0.796. The van der Waals surface area contributed by atoms with E-state index in [-0.39, 0.29) is 37.3 Å².